The van der Waals surface area contributed by atoms with Gasteiger partial charge in [0.05, 0.1) is 10.2 Å². The molecule has 27 heavy (non-hydrogen) atoms. The summed E-state index contributed by atoms with van der Waals surface area (Å²) in [5.74, 6) is 2.58. The van der Waals surface area contributed by atoms with Gasteiger partial charge >= 0.3 is 6.18 Å². The second-order valence-corrected chi connectivity index (χ2v) is 9.79. The molecule has 0 aromatic carbocycles. The zero-order valence-corrected chi connectivity index (χ0v) is 16.5. The minimum Gasteiger partial charge on any atom is -0.351 e. The van der Waals surface area contributed by atoms with Gasteiger partial charge in [-0.2, -0.15) is 18.3 Å². The molecule has 5 aliphatic carbocycles. The standard InChI is InChI=1S/C19H23BrF3N3O/c20-15-17(11-1-2-11)26(25-18(15)19(21,22)23)8-14(27)24-16-12-4-9-3-10(6-12)7-13(16)5-9/h9-13,16H,1-8H2,(H,24,27). The number of halogens is 4. The van der Waals surface area contributed by atoms with Gasteiger partial charge in [0.15, 0.2) is 5.69 Å². The topological polar surface area (TPSA) is 46.9 Å². The summed E-state index contributed by atoms with van der Waals surface area (Å²) in [6.07, 6.45) is 3.28. The van der Waals surface area contributed by atoms with Crippen LogP contribution >= 0.6 is 15.9 Å². The van der Waals surface area contributed by atoms with E-state index in [1.165, 1.54) is 36.8 Å². The lowest BCUT2D eigenvalue weighted by Gasteiger charge is -2.54. The first-order valence-electron chi connectivity index (χ1n) is 9.92. The first-order valence-corrected chi connectivity index (χ1v) is 10.7. The molecule has 4 bridgehead atoms. The van der Waals surface area contributed by atoms with Crippen LogP contribution in [0, 0.1) is 23.7 Å². The lowest BCUT2D eigenvalue weighted by atomic mass is 9.54. The quantitative estimate of drug-likeness (QED) is 0.742. The summed E-state index contributed by atoms with van der Waals surface area (Å²) >= 11 is 3.08. The third-order valence-corrected chi connectivity index (χ3v) is 7.79. The molecule has 1 aromatic heterocycles. The van der Waals surface area contributed by atoms with Crippen molar-refractivity contribution in [1.29, 1.82) is 0 Å². The number of carbonyl (C=O) groups excluding carboxylic acids is 1. The average molecular weight is 446 g/mol. The van der Waals surface area contributed by atoms with Crippen molar-refractivity contribution in [2.24, 2.45) is 23.7 Å². The molecule has 1 N–H and O–H groups in total. The van der Waals surface area contributed by atoms with Gasteiger partial charge in [0.2, 0.25) is 5.91 Å². The van der Waals surface area contributed by atoms with Crippen LogP contribution in [0.15, 0.2) is 4.47 Å². The van der Waals surface area contributed by atoms with E-state index in [1.54, 1.807) is 0 Å². The highest BCUT2D eigenvalue weighted by atomic mass is 79.9. The molecule has 1 amide bonds. The molecule has 148 valence electrons. The molecule has 0 saturated heterocycles. The monoisotopic (exact) mass is 445 g/mol. The zero-order chi connectivity index (χ0) is 18.9. The number of amides is 1. The van der Waals surface area contributed by atoms with Gasteiger partial charge in [-0.3, -0.25) is 9.48 Å². The molecule has 1 aromatic rings. The molecule has 5 saturated carbocycles. The Morgan fingerprint density at radius 1 is 1.11 bits per heavy atom. The summed E-state index contributed by atoms with van der Waals surface area (Å²) in [5.41, 5.74) is -0.408. The summed E-state index contributed by atoms with van der Waals surface area (Å²) in [6.45, 7) is -0.136. The lowest BCUT2D eigenvalue weighted by Crippen LogP contribution is -2.56. The van der Waals surface area contributed by atoms with Crippen molar-refractivity contribution in [3.63, 3.8) is 0 Å². The van der Waals surface area contributed by atoms with Crippen molar-refractivity contribution in [3.8, 4) is 0 Å². The van der Waals surface area contributed by atoms with Crippen molar-refractivity contribution in [2.75, 3.05) is 0 Å². The van der Waals surface area contributed by atoms with Gasteiger partial charge in [0, 0.05) is 12.0 Å². The van der Waals surface area contributed by atoms with Gasteiger partial charge in [-0.1, -0.05) is 0 Å². The van der Waals surface area contributed by atoms with E-state index in [9.17, 15) is 18.0 Å². The summed E-state index contributed by atoms with van der Waals surface area (Å²) in [5, 5.41) is 6.92. The van der Waals surface area contributed by atoms with Crippen LogP contribution in [-0.2, 0) is 17.5 Å². The van der Waals surface area contributed by atoms with Crippen LogP contribution in [-0.4, -0.2) is 21.7 Å². The third-order valence-electron chi connectivity index (χ3n) is 7.01. The Bertz CT molecular complexity index is 743. The molecule has 0 radical (unpaired) electrons. The molecule has 5 fully saturated rings. The van der Waals surface area contributed by atoms with Gasteiger partial charge < -0.3 is 5.32 Å². The van der Waals surface area contributed by atoms with Crippen LogP contribution in [0.1, 0.15) is 62.3 Å². The van der Waals surface area contributed by atoms with Crippen molar-refractivity contribution >= 4 is 21.8 Å². The molecule has 0 unspecified atom stereocenters. The van der Waals surface area contributed by atoms with Crippen molar-refractivity contribution < 1.29 is 18.0 Å². The average Bonchev–Trinajstić information content (AvgIpc) is 3.33. The molecule has 1 heterocycles. The lowest BCUT2D eigenvalue weighted by molar-refractivity contribution is -0.142. The first-order chi connectivity index (χ1) is 12.8. The van der Waals surface area contributed by atoms with Crippen LogP contribution < -0.4 is 5.32 Å². The van der Waals surface area contributed by atoms with E-state index in [1.807, 2.05) is 0 Å². The van der Waals surface area contributed by atoms with E-state index in [2.05, 4.69) is 26.3 Å². The van der Waals surface area contributed by atoms with Crippen LogP contribution in [0.25, 0.3) is 0 Å². The molecule has 0 spiro atoms. The van der Waals surface area contributed by atoms with Crippen molar-refractivity contribution in [3.05, 3.63) is 15.9 Å². The number of hydrogen-bond acceptors (Lipinski definition) is 2. The second-order valence-electron chi connectivity index (χ2n) is 9.00. The smallest absolute Gasteiger partial charge is 0.351 e. The molecule has 6 rings (SSSR count). The Morgan fingerprint density at radius 3 is 2.22 bits per heavy atom. The first kappa shape index (κ1) is 18.0. The maximum atomic E-state index is 13.2. The second kappa shape index (κ2) is 6.22. The zero-order valence-electron chi connectivity index (χ0n) is 14.9. The molecule has 4 nitrogen and oxygen atoms in total. The number of nitrogens with one attached hydrogen (secondary N) is 1. The number of carbonyl (C=O) groups is 1. The number of rotatable bonds is 4. The fraction of sp³-hybridized carbons (Fsp3) is 0.789. The normalized spacial score (nSPS) is 34.9. The molecule has 8 heteroatoms. The van der Waals surface area contributed by atoms with Gasteiger partial charge in [-0.15, -0.1) is 0 Å². The summed E-state index contributed by atoms with van der Waals surface area (Å²) in [6, 6.07) is 0.191. The van der Waals surface area contributed by atoms with E-state index in [4.69, 9.17) is 0 Å². The van der Waals surface area contributed by atoms with Crippen molar-refractivity contribution in [2.45, 2.75) is 69.6 Å². The van der Waals surface area contributed by atoms with Gasteiger partial charge in [-0.25, -0.2) is 0 Å². The Kier molecular flexibility index (Phi) is 4.15. The minimum atomic E-state index is -4.52. The van der Waals surface area contributed by atoms with Gasteiger partial charge in [0.1, 0.15) is 6.54 Å². The summed E-state index contributed by atoms with van der Waals surface area (Å²) in [7, 11) is 0. The number of nitrogens with zero attached hydrogens (tertiary/aromatic N) is 2. The van der Waals surface area contributed by atoms with Crippen molar-refractivity contribution in [1.82, 2.24) is 15.1 Å². The highest BCUT2D eigenvalue weighted by molar-refractivity contribution is 9.10. The van der Waals surface area contributed by atoms with E-state index in [0.717, 1.165) is 24.7 Å². The molecular formula is C19H23BrF3N3O. The predicted octanol–water partition coefficient (Wildman–Crippen LogP) is 4.48. The fourth-order valence-corrected chi connectivity index (χ4v) is 6.86. The Hall–Kier alpha value is -1.05. The fourth-order valence-electron chi connectivity index (χ4n) is 6.03. The highest BCUT2D eigenvalue weighted by Crippen LogP contribution is 2.53. The summed E-state index contributed by atoms with van der Waals surface area (Å²) < 4.78 is 41.0. The molecule has 5 aliphatic rings. The minimum absolute atomic E-state index is 0.0000709. The number of hydrogen-bond donors (Lipinski definition) is 1. The highest BCUT2D eigenvalue weighted by Gasteiger charge is 2.49. The Labute approximate surface area is 164 Å². The van der Waals surface area contributed by atoms with E-state index in [-0.39, 0.29) is 28.9 Å². The Balaban J connectivity index is 1.33. The number of aromatic nitrogens is 2. The Morgan fingerprint density at radius 2 is 1.70 bits per heavy atom. The largest absolute Gasteiger partial charge is 0.436 e. The molecule has 0 aliphatic heterocycles. The SMILES string of the molecule is O=C(Cn1nc(C(F)(F)F)c(Br)c1C1CC1)NC1C2CC3CC(C2)CC1C3. The van der Waals surface area contributed by atoms with Crippen LogP contribution in [0.3, 0.4) is 0 Å². The van der Waals surface area contributed by atoms with Crippen LogP contribution in [0.4, 0.5) is 13.2 Å². The van der Waals surface area contributed by atoms with Gasteiger partial charge in [0.25, 0.3) is 0 Å². The maximum Gasteiger partial charge on any atom is 0.436 e. The van der Waals surface area contributed by atoms with E-state index in [0.29, 0.717) is 17.5 Å². The maximum absolute atomic E-state index is 13.2. The number of alkyl halides is 3. The van der Waals surface area contributed by atoms with E-state index >= 15 is 0 Å². The van der Waals surface area contributed by atoms with Crippen LogP contribution in [0.2, 0.25) is 0 Å². The predicted molar refractivity (Wildman–Crippen MR) is 95.9 cm³/mol. The summed E-state index contributed by atoms with van der Waals surface area (Å²) in [4.78, 5) is 12.7. The molecule has 0 atom stereocenters. The molecular weight excluding hydrogens is 423 g/mol. The van der Waals surface area contributed by atoms with Gasteiger partial charge in [-0.05, 0) is 84.5 Å². The van der Waals surface area contributed by atoms with Crippen LogP contribution in [0.5, 0.6) is 0 Å². The van der Waals surface area contributed by atoms with E-state index < -0.39 is 11.9 Å². The third kappa shape index (κ3) is 3.21.